The average molecular weight is 299 g/mol. The first-order chi connectivity index (χ1) is 9.61. The van der Waals surface area contributed by atoms with Gasteiger partial charge in [0.1, 0.15) is 0 Å². The minimum atomic E-state index is -0.758. The SMILES string of the molecule is O=C(O)CC1(CC(=O)N2CCCSCC2)CCCCC1. The van der Waals surface area contributed by atoms with Crippen LogP contribution in [0.1, 0.15) is 51.4 Å². The number of carboxylic acid groups (broad SMARTS) is 1. The number of hydrogen-bond acceptors (Lipinski definition) is 3. The van der Waals surface area contributed by atoms with Crippen molar-refractivity contribution in [2.24, 2.45) is 5.41 Å². The molecule has 0 aromatic heterocycles. The van der Waals surface area contributed by atoms with E-state index in [0.717, 1.165) is 56.7 Å². The first kappa shape index (κ1) is 15.7. The molecule has 2 aliphatic rings. The van der Waals surface area contributed by atoms with E-state index in [4.69, 9.17) is 0 Å². The lowest BCUT2D eigenvalue weighted by molar-refractivity contribution is -0.142. The van der Waals surface area contributed by atoms with E-state index in [1.165, 1.54) is 6.42 Å². The van der Waals surface area contributed by atoms with Crippen molar-refractivity contribution in [1.82, 2.24) is 4.90 Å². The molecule has 114 valence electrons. The van der Waals surface area contributed by atoms with E-state index in [9.17, 15) is 14.7 Å². The molecule has 1 aliphatic carbocycles. The Morgan fingerprint density at radius 1 is 1.00 bits per heavy atom. The molecule has 5 heteroatoms. The molecule has 0 unspecified atom stereocenters. The predicted octanol–water partition coefficient (Wildman–Crippen LogP) is 2.77. The minimum absolute atomic E-state index is 0.154. The van der Waals surface area contributed by atoms with Gasteiger partial charge in [0, 0.05) is 25.3 Å². The molecule has 4 nitrogen and oxygen atoms in total. The number of thioether (sulfide) groups is 1. The van der Waals surface area contributed by atoms with E-state index in [2.05, 4.69) is 0 Å². The molecule has 0 aromatic carbocycles. The zero-order valence-electron chi connectivity index (χ0n) is 12.1. The van der Waals surface area contributed by atoms with Crippen LogP contribution in [0.4, 0.5) is 0 Å². The van der Waals surface area contributed by atoms with Crippen LogP contribution in [-0.2, 0) is 9.59 Å². The van der Waals surface area contributed by atoms with Crippen LogP contribution in [0.15, 0.2) is 0 Å². The Balaban J connectivity index is 1.98. The van der Waals surface area contributed by atoms with E-state index in [1.54, 1.807) is 0 Å². The molecular formula is C15H25NO3S. The Morgan fingerprint density at radius 2 is 1.75 bits per heavy atom. The summed E-state index contributed by atoms with van der Waals surface area (Å²) in [5.41, 5.74) is -0.277. The third-order valence-electron chi connectivity index (χ3n) is 4.54. The standard InChI is InChI=1S/C15H25NO3S/c17-13(16-7-4-9-20-10-8-16)11-15(12-14(18)19)5-2-1-3-6-15/h1-12H2,(H,18,19). The molecule has 0 radical (unpaired) electrons. The highest BCUT2D eigenvalue weighted by atomic mass is 32.2. The zero-order valence-corrected chi connectivity index (χ0v) is 12.9. The molecule has 1 N–H and O–H groups in total. The Morgan fingerprint density at radius 3 is 2.45 bits per heavy atom. The Labute approximate surface area is 125 Å². The predicted molar refractivity (Wildman–Crippen MR) is 80.9 cm³/mol. The van der Waals surface area contributed by atoms with E-state index in [0.29, 0.717) is 6.42 Å². The fraction of sp³-hybridized carbons (Fsp3) is 0.867. The maximum absolute atomic E-state index is 12.5. The third kappa shape index (κ3) is 4.40. The van der Waals surface area contributed by atoms with Crippen LogP contribution in [0.2, 0.25) is 0 Å². The van der Waals surface area contributed by atoms with E-state index < -0.39 is 5.97 Å². The first-order valence-electron chi connectivity index (χ1n) is 7.69. The van der Waals surface area contributed by atoms with Gasteiger partial charge >= 0.3 is 5.97 Å². The zero-order chi connectivity index (χ0) is 14.4. The molecule has 1 amide bonds. The summed E-state index contributed by atoms with van der Waals surface area (Å²) in [4.78, 5) is 25.6. The maximum Gasteiger partial charge on any atom is 0.303 e. The number of amides is 1. The molecule has 1 aliphatic heterocycles. The molecule has 2 fully saturated rings. The van der Waals surface area contributed by atoms with Crippen molar-refractivity contribution in [1.29, 1.82) is 0 Å². The molecule has 2 rings (SSSR count). The van der Waals surface area contributed by atoms with E-state index >= 15 is 0 Å². The molecule has 1 heterocycles. The molecule has 1 saturated heterocycles. The van der Waals surface area contributed by atoms with Crippen LogP contribution in [0.3, 0.4) is 0 Å². The summed E-state index contributed by atoms with van der Waals surface area (Å²) < 4.78 is 0. The van der Waals surface area contributed by atoms with Crippen LogP contribution < -0.4 is 0 Å². The molecule has 1 saturated carbocycles. The van der Waals surface area contributed by atoms with Gasteiger partial charge in [0.2, 0.25) is 5.91 Å². The van der Waals surface area contributed by atoms with Crippen LogP contribution >= 0.6 is 11.8 Å². The first-order valence-corrected chi connectivity index (χ1v) is 8.84. The molecule has 0 bridgehead atoms. The minimum Gasteiger partial charge on any atom is -0.481 e. The summed E-state index contributed by atoms with van der Waals surface area (Å²) in [6.45, 7) is 1.67. The topological polar surface area (TPSA) is 57.6 Å². The number of hydrogen-bond donors (Lipinski definition) is 1. The van der Waals surface area contributed by atoms with Crippen LogP contribution in [-0.4, -0.2) is 46.5 Å². The van der Waals surface area contributed by atoms with Crippen molar-refractivity contribution < 1.29 is 14.7 Å². The normalized spacial score (nSPS) is 23.1. The van der Waals surface area contributed by atoms with Crippen molar-refractivity contribution in [3.63, 3.8) is 0 Å². The number of rotatable bonds is 4. The van der Waals surface area contributed by atoms with Gasteiger partial charge < -0.3 is 10.0 Å². The van der Waals surface area contributed by atoms with Crippen molar-refractivity contribution in [3.05, 3.63) is 0 Å². The highest BCUT2D eigenvalue weighted by Crippen LogP contribution is 2.42. The summed E-state index contributed by atoms with van der Waals surface area (Å²) in [5, 5.41) is 9.17. The van der Waals surface area contributed by atoms with Crippen molar-refractivity contribution in [2.75, 3.05) is 24.6 Å². The van der Waals surface area contributed by atoms with E-state index in [1.807, 2.05) is 16.7 Å². The summed E-state index contributed by atoms with van der Waals surface area (Å²) >= 11 is 1.90. The lowest BCUT2D eigenvalue weighted by Gasteiger charge is -2.37. The van der Waals surface area contributed by atoms with Gasteiger partial charge in [-0.25, -0.2) is 0 Å². The second-order valence-electron chi connectivity index (χ2n) is 6.15. The summed E-state index contributed by atoms with van der Waals surface area (Å²) in [7, 11) is 0. The fourth-order valence-electron chi connectivity index (χ4n) is 3.47. The average Bonchev–Trinajstić information content (AvgIpc) is 2.67. The van der Waals surface area contributed by atoms with Crippen LogP contribution in [0, 0.1) is 5.41 Å². The molecular weight excluding hydrogens is 274 g/mol. The highest BCUT2D eigenvalue weighted by molar-refractivity contribution is 7.99. The van der Waals surface area contributed by atoms with Gasteiger partial charge in [0.15, 0.2) is 0 Å². The van der Waals surface area contributed by atoms with Gasteiger partial charge in [-0.3, -0.25) is 9.59 Å². The number of nitrogens with zero attached hydrogens (tertiary/aromatic N) is 1. The lowest BCUT2D eigenvalue weighted by atomic mass is 9.69. The summed E-state index contributed by atoms with van der Waals surface area (Å²) in [6.07, 6.45) is 6.75. The van der Waals surface area contributed by atoms with Gasteiger partial charge in [-0.05, 0) is 30.4 Å². The Hall–Kier alpha value is -0.710. The molecule has 20 heavy (non-hydrogen) atoms. The summed E-state index contributed by atoms with van der Waals surface area (Å²) in [6, 6.07) is 0. The van der Waals surface area contributed by atoms with Crippen molar-refractivity contribution in [3.8, 4) is 0 Å². The fourth-order valence-corrected chi connectivity index (χ4v) is 4.35. The third-order valence-corrected chi connectivity index (χ3v) is 5.59. The highest BCUT2D eigenvalue weighted by Gasteiger charge is 2.37. The Kier molecular flexibility index (Phi) is 5.75. The van der Waals surface area contributed by atoms with E-state index in [-0.39, 0.29) is 17.7 Å². The summed E-state index contributed by atoms with van der Waals surface area (Å²) in [5.74, 6) is 1.56. The monoisotopic (exact) mass is 299 g/mol. The van der Waals surface area contributed by atoms with Gasteiger partial charge in [-0.2, -0.15) is 11.8 Å². The largest absolute Gasteiger partial charge is 0.481 e. The number of aliphatic carboxylic acids is 1. The second-order valence-corrected chi connectivity index (χ2v) is 7.38. The van der Waals surface area contributed by atoms with Crippen molar-refractivity contribution >= 4 is 23.6 Å². The van der Waals surface area contributed by atoms with Gasteiger partial charge in [0.05, 0.1) is 6.42 Å². The van der Waals surface area contributed by atoms with Gasteiger partial charge in [-0.1, -0.05) is 19.3 Å². The van der Waals surface area contributed by atoms with Crippen molar-refractivity contribution in [2.45, 2.75) is 51.4 Å². The molecule has 0 aromatic rings. The maximum atomic E-state index is 12.5. The quantitative estimate of drug-likeness (QED) is 0.867. The number of carboxylic acids is 1. The van der Waals surface area contributed by atoms with Crippen LogP contribution in [0.5, 0.6) is 0 Å². The van der Waals surface area contributed by atoms with Gasteiger partial charge in [-0.15, -0.1) is 0 Å². The van der Waals surface area contributed by atoms with Gasteiger partial charge in [0.25, 0.3) is 0 Å². The number of carbonyl (C=O) groups excluding carboxylic acids is 1. The number of carbonyl (C=O) groups is 2. The Bertz CT molecular complexity index is 345. The van der Waals surface area contributed by atoms with Crippen LogP contribution in [0.25, 0.3) is 0 Å². The smallest absolute Gasteiger partial charge is 0.303 e. The molecule has 0 atom stereocenters. The molecule has 0 spiro atoms. The lowest BCUT2D eigenvalue weighted by Crippen LogP contribution is -2.39. The second kappa shape index (κ2) is 7.34.